The van der Waals surface area contributed by atoms with Crippen LogP contribution in [0.2, 0.25) is 5.02 Å². The van der Waals surface area contributed by atoms with Gasteiger partial charge in [0.1, 0.15) is 18.4 Å². The number of likely N-dealkylation sites (N-methyl/N-ethyl adjacent to an activating group) is 1. The van der Waals surface area contributed by atoms with Gasteiger partial charge in [0.2, 0.25) is 21.8 Å². The highest BCUT2D eigenvalue weighted by molar-refractivity contribution is 7.92. The lowest BCUT2D eigenvalue weighted by Crippen LogP contribution is -2.51. The van der Waals surface area contributed by atoms with E-state index in [0.29, 0.717) is 17.1 Å². The van der Waals surface area contributed by atoms with Crippen LogP contribution in [0, 0.1) is 5.82 Å². The molecule has 2 rings (SSSR count). The van der Waals surface area contributed by atoms with Crippen LogP contribution in [0.15, 0.2) is 48.5 Å². The molecule has 0 spiro atoms. The molecule has 1 atom stereocenters. The number of sulfonamides is 1. The van der Waals surface area contributed by atoms with E-state index in [1.54, 1.807) is 13.8 Å². The van der Waals surface area contributed by atoms with E-state index in [1.807, 2.05) is 0 Å². The molecule has 2 aromatic carbocycles. The number of carbonyl (C=O) groups is 2. The average Bonchev–Trinajstić information content (AvgIpc) is 2.71. The lowest BCUT2D eigenvalue weighted by atomic mass is 10.1. The van der Waals surface area contributed by atoms with E-state index in [9.17, 15) is 22.4 Å². The van der Waals surface area contributed by atoms with Crippen molar-refractivity contribution in [2.75, 3.05) is 23.7 Å². The van der Waals surface area contributed by atoms with Crippen LogP contribution in [0.25, 0.3) is 0 Å². The summed E-state index contributed by atoms with van der Waals surface area (Å²) >= 11 is 5.88. The number of nitrogens with zero attached hydrogens (tertiary/aromatic N) is 2. The van der Waals surface area contributed by atoms with E-state index in [0.717, 1.165) is 10.6 Å². The minimum Gasteiger partial charge on any atom is -0.355 e. The maximum atomic E-state index is 13.3. The molecule has 7 nitrogen and oxygen atoms in total. The Bertz CT molecular complexity index is 1010. The maximum Gasteiger partial charge on any atom is 0.244 e. The number of halogens is 2. The summed E-state index contributed by atoms with van der Waals surface area (Å²) in [4.78, 5) is 26.9. The van der Waals surface area contributed by atoms with Crippen molar-refractivity contribution >= 4 is 39.1 Å². The quantitative estimate of drug-likeness (QED) is 0.611. The highest BCUT2D eigenvalue weighted by Crippen LogP contribution is 2.21. The first kappa shape index (κ1) is 24.6. The molecule has 10 heteroatoms. The molecule has 0 bridgehead atoms. The van der Waals surface area contributed by atoms with E-state index in [4.69, 9.17) is 11.6 Å². The van der Waals surface area contributed by atoms with Crippen LogP contribution in [0.1, 0.15) is 19.4 Å². The van der Waals surface area contributed by atoms with E-state index in [-0.39, 0.29) is 18.1 Å². The maximum absolute atomic E-state index is 13.3. The zero-order valence-electron chi connectivity index (χ0n) is 17.5. The summed E-state index contributed by atoms with van der Waals surface area (Å²) in [6.45, 7) is 3.19. The second kappa shape index (κ2) is 10.6. The van der Waals surface area contributed by atoms with Gasteiger partial charge in [0.05, 0.1) is 11.9 Å². The van der Waals surface area contributed by atoms with E-state index >= 15 is 0 Å². The Labute approximate surface area is 186 Å². The summed E-state index contributed by atoms with van der Waals surface area (Å²) in [5.41, 5.74) is 0.871. The van der Waals surface area contributed by atoms with Crippen molar-refractivity contribution in [1.29, 1.82) is 0 Å². The summed E-state index contributed by atoms with van der Waals surface area (Å²) in [6, 6.07) is 10.7. The van der Waals surface area contributed by atoms with Crippen LogP contribution in [0.5, 0.6) is 0 Å². The lowest BCUT2D eigenvalue weighted by molar-refractivity contribution is -0.139. The van der Waals surface area contributed by atoms with Crippen molar-refractivity contribution in [3.8, 4) is 0 Å². The molecule has 0 unspecified atom stereocenters. The van der Waals surface area contributed by atoms with E-state index in [1.165, 1.54) is 53.4 Å². The monoisotopic (exact) mass is 469 g/mol. The van der Waals surface area contributed by atoms with E-state index < -0.39 is 34.3 Å². The van der Waals surface area contributed by atoms with Crippen molar-refractivity contribution < 1.29 is 22.4 Å². The summed E-state index contributed by atoms with van der Waals surface area (Å²) in [5, 5.41) is 3.08. The summed E-state index contributed by atoms with van der Waals surface area (Å²) < 4.78 is 39.0. The molecule has 0 aliphatic heterocycles. The van der Waals surface area contributed by atoms with Crippen LogP contribution in [-0.2, 0) is 26.2 Å². The number of carbonyl (C=O) groups excluding carboxylic acids is 2. The summed E-state index contributed by atoms with van der Waals surface area (Å²) in [7, 11) is -3.80. The van der Waals surface area contributed by atoms with Crippen LogP contribution in [0.3, 0.4) is 0 Å². The minimum atomic E-state index is -3.80. The highest BCUT2D eigenvalue weighted by Gasteiger charge is 2.29. The predicted octanol–water partition coefficient (Wildman–Crippen LogP) is 2.80. The first-order valence-corrected chi connectivity index (χ1v) is 11.8. The van der Waals surface area contributed by atoms with Gasteiger partial charge < -0.3 is 10.2 Å². The molecule has 2 aromatic rings. The minimum absolute atomic E-state index is 0.00956. The zero-order valence-corrected chi connectivity index (χ0v) is 19.1. The smallest absolute Gasteiger partial charge is 0.244 e. The van der Waals surface area contributed by atoms with Crippen LogP contribution >= 0.6 is 11.6 Å². The van der Waals surface area contributed by atoms with Gasteiger partial charge in [-0.1, -0.05) is 23.7 Å². The topological polar surface area (TPSA) is 86.8 Å². The molecule has 0 aromatic heterocycles. The number of rotatable bonds is 9. The molecule has 168 valence electrons. The lowest BCUT2D eigenvalue weighted by Gasteiger charge is -2.31. The first-order chi connectivity index (χ1) is 14.5. The fraction of sp³-hybridized carbons (Fsp3) is 0.333. The Morgan fingerprint density at radius 2 is 1.68 bits per heavy atom. The van der Waals surface area contributed by atoms with Gasteiger partial charge in [0.15, 0.2) is 0 Å². The molecule has 0 saturated carbocycles. The van der Waals surface area contributed by atoms with Crippen LogP contribution in [0.4, 0.5) is 10.1 Å². The van der Waals surface area contributed by atoms with E-state index in [2.05, 4.69) is 5.32 Å². The molecule has 2 amide bonds. The third-order valence-electron chi connectivity index (χ3n) is 4.58. The largest absolute Gasteiger partial charge is 0.355 e. The van der Waals surface area contributed by atoms with Crippen molar-refractivity contribution in [1.82, 2.24) is 10.2 Å². The molecule has 0 saturated heterocycles. The van der Waals surface area contributed by atoms with Crippen LogP contribution in [-0.4, -0.2) is 50.5 Å². The van der Waals surface area contributed by atoms with Crippen molar-refractivity contribution in [2.24, 2.45) is 0 Å². The first-order valence-electron chi connectivity index (χ1n) is 9.57. The van der Waals surface area contributed by atoms with Crippen molar-refractivity contribution in [3.05, 3.63) is 64.9 Å². The van der Waals surface area contributed by atoms with Gasteiger partial charge in [-0.2, -0.15) is 0 Å². The summed E-state index contributed by atoms with van der Waals surface area (Å²) in [6.07, 6.45) is 0.992. The molecular formula is C21H25ClFN3O4S. The number of anilines is 1. The number of benzene rings is 2. The second-order valence-corrected chi connectivity index (χ2v) is 9.31. The fourth-order valence-corrected chi connectivity index (χ4v) is 3.89. The van der Waals surface area contributed by atoms with Gasteiger partial charge in [0.25, 0.3) is 0 Å². The molecule has 0 aliphatic carbocycles. The molecule has 0 aliphatic rings. The fourth-order valence-electron chi connectivity index (χ4n) is 2.91. The molecule has 1 N–H and O–H groups in total. The standard InChI is InChI=1S/C21H25ClFN3O4S/c1-4-24-21(28)15(2)25(13-16-5-9-18(23)10-6-16)20(27)14-26(31(3,29)30)19-11-7-17(22)8-12-19/h5-12,15H,4,13-14H2,1-3H3,(H,24,28)/t15-/m0/s1. The number of amides is 2. The molecule has 31 heavy (non-hydrogen) atoms. The third kappa shape index (κ3) is 6.93. The third-order valence-corrected chi connectivity index (χ3v) is 5.97. The molecular weight excluding hydrogens is 445 g/mol. The SMILES string of the molecule is CCNC(=O)[C@H](C)N(Cc1ccc(F)cc1)C(=O)CN(c1ccc(Cl)cc1)S(C)(=O)=O. The van der Waals surface area contributed by atoms with Gasteiger partial charge >= 0.3 is 0 Å². The van der Waals surface area contributed by atoms with Gasteiger partial charge in [0, 0.05) is 18.1 Å². The molecule has 0 fully saturated rings. The van der Waals surface area contributed by atoms with Gasteiger partial charge in [-0.3, -0.25) is 13.9 Å². The van der Waals surface area contributed by atoms with Gasteiger partial charge in [-0.15, -0.1) is 0 Å². The van der Waals surface area contributed by atoms with Crippen molar-refractivity contribution in [3.63, 3.8) is 0 Å². The number of hydrogen-bond donors (Lipinski definition) is 1. The normalized spacial score (nSPS) is 12.2. The van der Waals surface area contributed by atoms with Crippen molar-refractivity contribution in [2.45, 2.75) is 26.4 Å². The Hall–Kier alpha value is -2.65. The van der Waals surface area contributed by atoms with Gasteiger partial charge in [-0.05, 0) is 55.8 Å². The number of nitrogens with one attached hydrogen (secondary N) is 1. The Kier molecular flexibility index (Phi) is 8.41. The predicted molar refractivity (Wildman–Crippen MR) is 119 cm³/mol. The molecule has 0 heterocycles. The summed E-state index contributed by atoms with van der Waals surface area (Å²) in [5.74, 6) is -1.39. The highest BCUT2D eigenvalue weighted by atomic mass is 35.5. The van der Waals surface area contributed by atoms with Crippen LogP contribution < -0.4 is 9.62 Å². The Morgan fingerprint density at radius 3 is 2.19 bits per heavy atom. The second-order valence-electron chi connectivity index (χ2n) is 6.96. The van der Waals surface area contributed by atoms with Gasteiger partial charge in [-0.25, -0.2) is 12.8 Å². The average molecular weight is 470 g/mol. The Morgan fingerprint density at radius 1 is 1.10 bits per heavy atom. The molecule has 0 radical (unpaired) electrons. The zero-order chi connectivity index (χ0) is 23.2. The Balaban J connectivity index is 2.35. The number of hydrogen-bond acceptors (Lipinski definition) is 4.